The highest BCUT2D eigenvalue weighted by Gasteiger charge is 2.63. The molecule has 1 unspecified atom stereocenters. The van der Waals surface area contributed by atoms with Crippen molar-refractivity contribution in [2.75, 3.05) is 13.7 Å². The number of amides is 4. The van der Waals surface area contributed by atoms with Gasteiger partial charge in [0, 0.05) is 29.3 Å². The third-order valence-corrected chi connectivity index (χ3v) is 16.9. The van der Waals surface area contributed by atoms with Gasteiger partial charge < -0.3 is 24.8 Å². The molecule has 63 heavy (non-hydrogen) atoms. The Labute approximate surface area is 367 Å². The molecule has 6 aliphatic rings. The van der Waals surface area contributed by atoms with Gasteiger partial charge in [0.1, 0.15) is 35.3 Å². The Balaban J connectivity index is 1.10. The molecular formula is C47H56FN5O9S. The first-order chi connectivity index (χ1) is 30.0. The molecule has 4 saturated carbocycles. The minimum absolute atomic E-state index is 0.0373. The summed E-state index contributed by atoms with van der Waals surface area (Å²) >= 11 is 0. The first kappa shape index (κ1) is 43.0. The number of methoxy groups -OCH3 is 1. The summed E-state index contributed by atoms with van der Waals surface area (Å²) in [6, 6.07) is 10.4. The molecule has 4 aliphatic carbocycles. The van der Waals surface area contributed by atoms with Crippen molar-refractivity contribution >= 4 is 44.6 Å². The van der Waals surface area contributed by atoms with Gasteiger partial charge in [-0.15, -0.1) is 0 Å². The van der Waals surface area contributed by atoms with Gasteiger partial charge in [-0.2, -0.15) is 0 Å². The van der Waals surface area contributed by atoms with Gasteiger partial charge in [0.2, 0.25) is 27.7 Å². The van der Waals surface area contributed by atoms with Gasteiger partial charge in [-0.3, -0.25) is 24.0 Å². The van der Waals surface area contributed by atoms with Gasteiger partial charge in [-0.1, -0.05) is 26.0 Å². The van der Waals surface area contributed by atoms with Crippen LogP contribution in [0.25, 0.3) is 22.0 Å². The molecule has 2 aromatic carbocycles. The van der Waals surface area contributed by atoms with Crippen LogP contribution >= 0.6 is 0 Å². The maximum Gasteiger partial charge on any atom is 0.408 e. The molecule has 3 N–H and O–H groups in total. The van der Waals surface area contributed by atoms with E-state index < -0.39 is 80.0 Å². The van der Waals surface area contributed by atoms with Crippen molar-refractivity contribution in [3.05, 3.63) is 66.5 Å². The molecule has 3 heterocycles. The van der Waals surface area contributed by atoms with Gasteiger partial charge >= 0.3 is 6.09 Å². The molecule has 1 aromatic heterocycles. The van der Waals surface area contributed by atoms with E-state index in [4.69, 9.17) is 14.5 Å². The number of sulfonamides is 1. The topological polar surface area (TPSA) is 185 Å². The molecule has 5 fully saturated rings. The van der Waals surface area contributed by atoms with Crippen LogP contribution in [0.3, 0.4) is 0 Å². The van der Waals surface area contributed by atoms with E-state index in [0.717, 1.165) is 12.8 Å². The zero-order chi connectivity index (χ0) is 44.6. The lowest BCUT2D eigenvalue weighted by molar-refractivity contribution is -0.145. The number of allylic oxidation sites excluding steroid dienone is 1. The minimum Gasteiger partial charge on any atom is -0.497 e. The van der Waals surface area contributed by atoms with Gasteiger partial charge in [0.15, 0.2) is 0 Å². The van der Waals surface area contributed by atoms with Crippen molar-refractivity contribution in [2.24, 2.45) is 29.6 Å². The molecule has 2 aliphatic heterocycles. The second-order valence-corrected chi connectivity index (χ2v) is 21.6. The number of carbonyl (C=O) groups excluding carboxylic acids is 3. The fraction of sp³-hybridized carbons (Fsp3) is 0.553. The number of benzene rings is 2. The molecule has 10 atom stereocenters. The van der Waals surface area contributed by atoms with Crippen molar-refractivity contribution in [2.45, 2.75) is 119 Å². The number of nitrogens with one attached hydrogen (secondary N) is 2. The summed E-state index contributed by atoms with van der Waals surface area (Å²) in [7, 11) is -2.50. The molecule has 16 heteroatoms. The molecule has 9 rings (SSSR count). The van der Waals surface area contributed by atoms with Crippen LogP contribution in [0.15, 0.2) is 60.7 Å². The van der Waals surface area contributed by atoms with Crippen molar-refractivity contribution in [1.82, 2.24) is 24.8 Å². The number of nitrogens with zero attached hydrogens (tertiary/aromatic N) is 3. The first-order valence-electron chi connectivity index (χ1n) is 22.3. The second-order valence-electron chi connectivity index (χ2n) is 19.4. The molecule has 336 valence electrons. The number of fused-ring (bicyclic) bond motifs is 4. The molecule has 0 radical (unpaired) electrons. The van der Waals surface area contributed by atoms with Crippen molar-refractivity contribution in [1.29, 1.82) is 0 Å². The maximum atomic E-state index is 15.4. The predicted molar refractivity (Wildman–Crippen MR) is 231 cm³/mol. The van der Waals surface area contributed by atoms with Crippen LogP contribution in [0.4, 0.5) is 9.18 Å². The maximum absolute atomic E-state index is 15.4. The molecule has 1 saturated heterocycles. The fourth-order valence-electron chi connectivity index (χ4n) is 10.5. The van der Waals surface area contributed by atoms with Gasteiger partial charge in [0.05, 0.1) is 24.1 Å². The Morgan fingerprint density at radius 3 is 2.43 bits per heavy atom. The van der Waals surface area contributed by atoms with Crippen LogP contribution in [0.5, 0.6) is 11.6 Å². The van der Waals surface area contributed by atoms with Crippen LogP contribution in [0.1, 0.15) is 85.0 Å². The van der Waals surface area contributed by atoms with E-state index in [0.29, 0.717) is 78.1 Å². The second kappa shape index (κ2) is 16.1. The molecule has 4 amide bonds. The Morgan fingerprint density at radius 1 is 1.02 bits per heavy atom. The zero-order valence-corrected chi connectivity index (χ0v) is 36.9. The quantitative estimate of drug-likeness (QED) is 0.203. The lowest BCUT2D eigenvalue weighted by atomic mass is 9.86. The van der Waals surface area contributed by atoms with E-state index in [9.17, 15) is 32.3 Å². The van der Waals surface area contributed by atoms with E-state index >= 15 is 4.79 Å². The van der Waals surface area contributed by atoms with E-state index in [2.05, 4.69) is 17.0 Å². The number of pyridine rings is 1. The Hall–Kier alpha value is -5.25. The Kier molecular flexibility index (Phi) is 11.0. The average Bonchev–Trinajstić information content (AvgIpc) is 4.20. The van der Waals surface area contributed by atoms with Gasteiger partial charge in [-0.05, 0) is 142 Å². The summed E-state index contributed by atoms with van der Waals surface area (Å²) in [4.78, 5) is 65.5. The SMILES string of the molecule is COc1ccc2c(O[C@@H]3C[C@H]4C(=O)N[C@]5(C(=O)NS(=O)(=O)C6(C)CC6)C[C@H]5/C=C\CC[C@@H](C)C[C@@H](C)[C@H](N(C(=O)O)[C@H]5CC6C[C@H]6C5)C(=O)N4C3)nc(-c3ccc(F)cc3)cc2c1. The molecule has 0 spiro atoms. The number of hydrogen-bond donors (Lipinski definition) is 3. The highest BCUT2D eigenvalue weighted by Crippen LogP contribution is 2.54. The van der Waals surface area contributed by atoms with Crippen LogP contribution < -0.4 is 19.5 Å². The summed E-state index contributed by atoms with van der Waals surface area (Å²) in [5, 5.41) is 15.2. The highest BCUT2D eigenvalue weighted by molar-refractivity contribution is 7.91. The Morgan fingerprint density at radius 2 is 1.75 bits per heavy atom. The number of ether oxygens (including phenoxy) is 2. The van der Waals surface area contributed by atoms with Crippen molar-refractivity contribution in [3.63, 3.8) is 0 Å². The van der Waals surface area contributed by atoms with Crippen molar-refractivity contribution in [3.8, 4) is 22.9 Å². The third-order valence-electron chi connectivity index (χ3n) is 14.8. The van der Waals surface area contributed by atoms with E-state index in [-0.39, 0.29) is 37.2 Å². The predicted octanol–water partition coefficient (Wildman–Crippen LogP) is 6.43. The highest BCUT2D eigenvalue weighted by atomic mass is 32.2. The van der Waals surface area contributed by atoms with Crippen LogP contribution in [-0.4, -0.2) is 100 Å². The number of rotatable bonds is 9. The fourth-order valence-corrected chi connectivity index (χ4v) is 11.8. The van der Waals surface area contributed by atoms with Crippen LogP contribution in [0.2, 0.25) is 0 Å². The number of halogens is 1. The molecular weight excluding hydrogens is 830 g/mol. The lowest BCUT2D eigenvalue weighted by Gasteiger charge is -2.40. The van der Waals surface area contributed by atoms with Crippen LogP contribution in [0, 0.1) is 35.4 Å². The van der Waals surface area contributed by atoms with E-state index in [1.165, 1.54) is 21.9 Å². The van der Waals surface area contributed by atoms with E-state index in [1.54, 1.807) is 38.3 Å². The largest absolute Gasteiger partial charge is 0.497 e. The average molecular weight is 886 g/mol. The number of carboxylic acid groups (broad SMARTS) is 1. The summed E-state index contributed by atoms with van der Waals surface area (Å²) in [6.45, 7) is 5.48. The monoisotopic (exact) mass is 885 g/mol. The number of carbonyl (C=O) groups is 4. The number of hydrogen-bond acceptors (Lipinski definition) is 9. The molecule has 14 nitrogen and oxygen atoms in total. The molecule has 3 aromatic rings. The zero-order valence-electron chi connectivity index (χ0n) is 36.1. The minimum atomic E-state index is -4.05. The summed E-state index contributed by atoms with van der Waals surface area (Å²) < 4.78 is 54.1. The van der Waals surface area contributed by atoms with Gasteiger partial charge in [-0.25, -0.2) is 22.6 Å². The van der Waals surface area contributed by atoms with Crippen molar-refractivity contribution < 1.29 is 46.6 Å². The smallest absolute Gasteiger partial charge is 0.408 e. The first-order valence-corrected chi connectivity index (χ1v) is 23.8. The normalized spacial score (nSPS) is 32.8. The molecule has 0 bridgehead atoms. The summed E-state index contributed by atoms with van der Waals surface area (Å²) in [6.07, 6.45) is 7.12. The van der Waals surface area contributed by atoms with Gasteiger partial charge in [0.25, 0.3) is 5.91 Å². The summed E-state index contributed by atoms with van der Waals surface area (Å²) in [5.41, 5.74) is -0.479. The standard InChI is InChI=1S/C47H56FN5O9S/c1-26-7-5-6-8-32-24-47(32,44(56)51-63(59,60)46(3)15-16-46)50-41(54)39-23-36(25-52(39)43(55)40(27(2)17-26)53(45(57)58)34-19-29-18-30(29)20-34)62-42-37-14-13-35(61-4)21-31(37)22-38(49-42)28-9-11-33(48)12-10-28/h6,8-14,21-22,26-27,29-30,32,34,36,39-40H,5,7,15-20,23-25H2,1-4H3,(H,50,54)(H,51,56)(H,57,58)/b8-6-/t26-,27-,29+,30?,32-,34-,36-,39+,40+,47-/m1/s1. The third kappa shape index (κ3) is 8.23. The summed E-state index contributed by atoms with van der Waals surface area (Å²) in [5.74, 6) is -1.57. The Bertz CT molecular complexity index is 2470. The lowest BCUT2D eigenvalue weighted by Crippen LogP contribution is -2.61. The van der Waals surface area contributed by atoms with Crippen LogP contribution in [-0.2, 0) is 24.4 Å². The van der Waals surface area contributed by atoms with E-state index in [1.807, 2.05) is 31.2 Å². The number of aromatic nitrogens is 1.